The molecule has 1 N–H and O–H groups in total. The number of hydrogen-bond donors (Lipinski definition) is 1. The Morgan fingerprint density at radius 3 is 2.80 bits per heavy atom. The largest absolute Gasteiger partial charge is 0.387 e. The van der Waals surface area contributed by atoms with Gasteiger partial charge in [-0.15, -0.1) is 10.2 Å². The first-order valence-electron chi connectivity index (χ1n) is 7.05. The Morgan fingerprint density at radius 1 is 1.25 bits per heavy atom. The van der Waals surface area contributed by atoms with E-state index in [1.54, 1.807) is 12.7 Å². The van der Waals surface area contributed by atoms with Gasteiger partial charge < -0.3 is 9.67 Å². The highest BCUT2D eigenvalue weighted by atomic mass is 16.3. The first-order chi connectivity index (χ1) is 9.76. The molecule has 0 radical (unpaired) electrons. The zero-order valence-electron chi connectivity index (χ0n) is 11.7. The van der Waals surface area contributed by atoms with Gasteiger partial charge in [0, 0.05) is 26.2 Å². The topological polar surface area (TPSA) is 72.0 Å². The van der Waals surface area contributed by atoms with Crippen molar-refractivity contribution in [1.29, 1.82) is 0 Å². The zero-order chi connectivity index (χ0) is 13.9. The maximum absolute atomic E-state index is 9.87. The lowest BCUT2D eigenvalue weighted by molar-refractivity contribution is 0.166. The molecule has 3 heterocycles. The van der Waals surface area contributed by atoms with E-state index in [0.29, 0.717) is 6.42 Å². The van der Waals surface area contributed by atoms with Gasteiger partial charge in [0.1, 0.15) is 12.7 Å². The van der Waals surface area contributed by atoms with Gasteiger partial charge in [0.15, 0.2) is 0 Å². The SMILES string of the molecule is CC[C@@H](O)c1cc2n(n1)CCN(CCn1cnnc1)C2. The quantitative estimate of drug-likeness (QED) is 0.857. The molecule has 1 aliphatic rings. The molecular formula is C13H20N6O. The molecule has 0 amide bonds. The second kappa shape index (κ2) is 5.72. The Bertz CT molecular complexity index is 549. The summed E-state index contributed by atoms with van der Waals surface area (Å²) in [6.07, 6.45) is 3.74. The van der Waals surface area contributed by atoms with Crippen molar-refractivity contribution in [2.24, 2.45) is 0 Å². The molecule has 0 saturated carbocycles. The van der Waals surface area contributed by atoms with Crippen LogP contribution < -0.4 is 0 Å². The highest BCUT2D eigenvalue weighted by Crippen LogP contribution is 2.19. The molecule has 20 heavy (non-hydrogen) atoms. The molecule has 0 spiro atoms. The van der Waals surface area contributed by atoms with Crippen molar-refractivity contribution < 1.29 is 5.11 Å². The second-order valence-corrected chi connectivity index (χ2v) is 5.18. The number of fused-ring (bicyclic) bond motifs is 1. The minimum Gasteiger partial charge on any atom is -0.387 e. The third kappa shape index (κ3) is 2.73. The minimum atomic E-state index is -0.446. The highest BCUT2D eigenvalue weighted by Gasteiger charge is 2.20. The predicted octanol–water partition coefficient (Wildman–Crippen LogP) is 0.434. The van der Waals surface area contributed by atoms with Crippen LogP contribution in [0.4, 0.5) is 0 Å². The Morgan fingerprint density at radius 2 is 2.05 bits per heavy atom. The predicted molar refractivity (Wildman–Crippen MR) is 72.8 cm³/mol. The standard InChI is InChI=1S/C13H20N6O/c1-2-13(20)12-7-11-8-17(5-6-19(11)16-12)3-4-18-9-14-15-10-18/h7,9-10,13,20H,2-6,8H2,1H3/t13-/m1/s1. The summed E-state index contributed by atoms with van der Waals surface area (Å²) in [6, 6.07) is 2.03. The number of nitrogens with zero attached hydrogens (tertiary/aromatic N) is 6. The lowest BCUT2D eigenvalue weighted by atomic mass is 10.2. The number of hydrogen-bond acceptors (Lipinski definition) is 5. The summed E-state index contributed by atoms with van der Waals surface area (Å²) in [5.74, 6) is 0. The fourth-order valence-electron chi connectivity index (χ4n) is 2.50. The van der Waals surface area contributed by atoms with Crippen molar-refractivity contribution in [3.05, 3.63) is 30.1 Å². The van der Waals surface area contributed by atoms with Crippen LogP contribution in [0, 0.1) is 0 Å². The van der Waals surface area contributed by atoms with Gasteiger partial charge in [-0.1, -0.05) is 6.92 Å². The van der Waals surface area contributed by atoms with Crippen LogP contribution in [0.1, 0.15) is 30.8 Å². The van der Waals surface area contributed by atoms with Crippen molar-refractivity contribution in [3.63, 3.8) is 0 Å². The lowest BCUT2D eigenvalue weighted by Gasteiger charge is -2.27. The van der Waals surface area contributed by atoms with E-state index >= 15 is 0 Å². The summed E-state index contributed by atoms with van der Waals surface area (Å²) in [7, 11) is 0. The highest BCUT2D eigenvalue weighted by molar-refractivity contribution is 5.14. The Balaban J connectivity index is 1.61. The molecule has 2 aromatic heterocycles. The molecular weight excluding hydrogens is 256 g/mol. The number of aliphatic hydroxyl groups is 1. The number of aliphatic hydroxyl groups excluding tert-OH is 1. The van der Waals surface area contributed by atoms with E-state index in [2.05, 4.69) is 20.2 Å². The zero-order valence-corrected chi connectivity index (χ0v) is 11.7. The van der Waals surface area contributed by atoms with Gasteiger partial charge in [-0.25, -0.2) is 0 Å². The van der Waals surface area contributed by atoms with Crippen molar-refractivity contribution in [3.8, 4) is 0 Å². The smallest absolute Gasteiger partial charge is 0.119 e. The molecule has 0 aliphatic carbocycles. The molecule has 0 saturated heterocycles. The molecule has 1 atom stereocenters. The van der Waals surface area contributed by atoms with E-state index in [0.717, 1.165) is 38.4 Å². The number of rotatable bonds is 5. The van der Waals surface area contributed by atoms with Gasteiger partial charge in [-0.05, 0) is 12.5 Å². The molecule has 7 nitrogen and oxygen atoms in total. The summed E-state index contributed by atoms with van der Waals surface area (Å²) in [5.41, 5.74) is 1.98. The van der Waals surface area contributed by atoms with Crippen LogP contribution in [-0.2, 0) is 19.6 Å². The molecule has 0 bridgehead atoms. The molecule has 0 unspecified atom stereocenters. The third-order valence-corrected chi connectivity index (χ3v) is 3.76. The van der Waals surface area contributed by atoms with Gasteiger partial charge in [0.05, 0.1) is 24.0 Å². The van der Waals surface area contributed by atoms with Crippen LogP contribution in [0.2, 0.25) is 0 Å². The molecule has 0 fully saturated rings. The van der Waals surface area contributed by atoms with Crippen LogP contribution in [0.3, 0.4) is 0 Å². The second-order valence-electron chi connectivity index (χ2n) is 5.18. The van der Waals surface area contributed by atoms with Gasteiger partial charge >= 0.3 is 0 Å². The van der Waals surface area contributed by atoms with Crippen LogP contribution in [-0.4, -0.2) is 47.6 Å². The molecule has 7 heteroatoms. The molecule has 1 aliphatic heterocycles. The monoisotopic (exact) mass is 276 g/mol. The van der Waals surface area contributed by atoms with E-state index in [-0.39, 0.29) is 0 Å². The lowest BCUT2D eigenvalue weighted by Crippen LogP contribution is -2.35. The van der Waals surface area contributed by atoms with Crippen LogP contribution in [0.5, 0.6) is 0 Å². The summed E-state index contributed by atoms with van der Waals surface area (Å²) in [4.78, 5) is 2.39. The maximum Gasteiger partial charge on any atom is 0.119 e. The normalized spacial score (nSPS) is 17.1. The third-order valence-electron chi connectivity index (χ3n) is 3.76. The first-order valence-corrected chi connectivity index (χ1v) is 7.05. The summed E-state index contributed by atoms with van der Waals surface area (Å²) in [5, 5.41) is 22.0. The van der Waals surface area contributed by atoms with E-state index in [1.807, 2.05) is 22.2 Å². The van der Waals surface area contributed by atoms with E-state index in [9.17, 15) is 5.11 Å². The maximum atomic E-state index is 9.87. The Kier molecular flexibility index (Phi) is 3.79. The van der Waals surface area contributed by atoms with E-state index < -0.39 is 6.10 Å². The van der Waals surface area contributed by atoms with Crippen LogP contribution >= 0.6 is 0 Å². The fourth-order valence-corrected chi connectivity index (χ4v) is 2.50. The van der Waals surface area contributed by atoms with Gasteiger partial charge in [0.2, 0.25) is 0 Å². The average Bonchev–Trinajstić information content (AvgIpc) is 3.12. The van der Waals surface area contributed by atoms with Crippen LogP contribution in [0.15, 0.2) is 18.7 Å². The Hall–Kier alpha value is -1.73. The van der Waals surface area contributed by atoms with Gasteiger partial charge in [-0.2, -0.15) is 5.10 Å². The Labute approximate surface area is 117 Å². The number of aromatic nitrogens is 5. The summed E-state index contributed by atoms with van der Waals surface area (Å²) < 4.78 is 4.00. The van der Waals surface area contributed by atoms with E-state index in [1.165, 1.54) is 5.69 Å². The van der Waals surface area contributed by atoms with Gasteiger partial charge in [0.25, 0.3) is 0 Å². The van der Waals surface area contributed by atoms with Crippen molar-refractivity contribution in [2.75, 3.05) is 13.1 Å². The molecule has 3 rings (SSSR count). The molecule has 2 aromatic rings. The van der Waals surface area contributed by atoms with E-state index in [4.69, 9.17) is 0 Å². The van der Waals surface area contributed by atoms with Crippen LogP contribution in [0.25, 0.3) is 0 Å². The van der Waals surface area contributed by atoms with Crippen molar-refractivity contribution >= 4 is 0 Å². The molecule has 0 aromatic carbocycles. The minimum absolute atomic E-state index is 0.446. The molecule has 108 valence electrons. The summed E-state index contributed by atoms with van der Waals surface area (Å²) in [6.45, 7) is 6.58. The fraction of sp³-hybridized carbons (Fsp3) is 0.615. The summed E-state index contributed by atoms with van der Waals surface area (Å²) >= 11 is 0. The van der Waals surface area contributed by atoms with Crippen molar-refractivity contribution in [2.45, 2.75) is 39.1 Å². The van der Waals surface area contributed by atoms with Crippen molar-refractivity contribution in [1.82, 2.24) is 29.4 Å². The first kappa shape index (κ1) is 13.3. The van der Waals surface area contributed by atoms with Gasteiger partial charge in [-0.3, -0.25) is 9.58 Å². The average molecular weight is 276 g/mol.